The molecular weight excluding hydrogens is 392 g/mol. The first-order chi connectivity index (χ1) is 14.4. The summed E-state index contributed by atoms with van der Waals surface area (Å²) in [6, 6.07) is 4.06. The number of carbonyl (C=O) groups is 2. The lowest BCUT2D eigenvalue weighted by atomic mass is 9.99. The maximum atomic E-state index is 13.1. The summed E-state index contributed by atoms with van der Waals surface area (Å²) in [7, 11) is 0. The average molecular weight is 427 g/mol. The van der Waals surface area contributed by atoms with Crippen LogP contribution in [0.3, 0.4) is 0 Å². The lowest BCUT2D eigenvalue weighted by Crippen LogP contribution is -2.45. The molecule has 1 unspecified atom stereocenters. The van der Waals surface area contributed by atoms with Crippen molar-refractivity contribution in [2.75, 3.05) is 13.1 Å². The van der Waals surface area contributed by atoms with E-state index in [1.807, 2.05) is 53.1 Å². The van der Waals surface area contributed by atoms with Crippen molar-refractivity contribution >= 4 is 17.5 Å². The zero-order valence-electron chi connectivity index (χ0n) is 19.4. The number of nitrogens with one attached hydrogen (secondary N) is 1. The van der Waals surface area contributed by atoms with Crippen molar-refractivity contribution in [3.63, 3.8) is 0 Å². The Morgan fingerprint density at radius 2 is 1.77 bits per heavy atom. The Balaban J connectivity index is 1.38. The first-order valence-corrected chi connectivity index (χ1v) is 11.2. The standard InChI is InChI=1S/C24H34N4O3/c1-15-8-7-9-28-19(15)12-25-21(28)24(5,6)26-20(29)16-10-17-13-27(14-18(17)11-16)22(30)31-23(2,3)4/h7-9,12,16-18H,10-11,13-14H2,1-6H3,(H,26,29)/t16?,17-,18+. The lowest BCUT2D eigenvalue weighted by Gasteiger charge is -2.28. The number of rotatable bonds is 3. The second-order valence-electron chi connectivity index (χ2n) is 10.7. The number of ether oxygens (including phenoxy) is 1. The number of fused-ring (bicyclic) bond motifs is 2. The van der Waals surface area contributed by atoms with Gasteiger partial charge in [-0.1, -0.05) is 6.07 Å². The average Bonchev–Trinajstić information content (AvgIpc) is 3.33. The summed E-state index contributed by atoms with van der Waals surface area (Å²) in [6.45, 7) is 13.1. The number of likely N-dealkylation sites (tertiary alicyclic amines) is 1. The van der Waals surface area contributed by atoms with Crippen LogP contribution in [0, 0.1) is 24.7 Å². The molecule has 3 atom stereocenters. The molecule has 2 amide bonds. The molecule has 1 N–H and O–H groups in total. The van der Waals surface area contributed by atoms with Crippen LogP contribution in [0.5, 0.6) is 0 Å². The summed E-state index contributed by atoms with van der Waals surface area (Å²) in [6.07, 6.45) is 5.24. The summed E-state index contributed by atoms with van der Waals surface area (Å²) in [4.78, 5) is 31.9. The van der Waals surface area contributed by atoms with Gasteiger partial charge in [0.2, 0.25) is 5.91 Å². The molecule has 2 fully saturated rings. The fourth-order valence-corrected chi connectivity index (χ4v) is 5.08. The topological polar surface area (TPSA) is 75.9 Å². The summed E-state index contributed by atoms with van der Waals surface area (Å²) >= 11 is 0. The zero-order chi connectivity index (χ0) is 22.6. The Labute approximate surface area is 184 Å². The molecule has 3 heterocycles. The molecule has 0 bridgehead atoms. The molecule has 2 aromatic heterocycles. The molecule has 0 aromatic carbocycles. The minimum atomic E-state index is -0.586. The Morgan fingerprint density at radius 1 is 1.13 bits per heavy atom. The monoisotopic (exact) mass is 426 g/mol. The van der Waals surface area contributed by atoms with E-state index in [2.05, 4.69) is 27.7 Å². The van der Waals surface area contributed by atoms with Crippen molar-refractivity contribution in [1.82, 2.24) is 19.6 Å². The highest BCUT2D eigenvalue weighted by Gasteiger charge is 2.46. The van der Waals surface area contributed by atoms with Gasteiger partial charge in [0.15, 0.2) is 0 Å². The molecule has 1 aliphatic carbocycles. The molecule has 7 heteroatoms. The smallest absolute Gasteiger partial charge is 0.410 e. The highest BCUT2D eigenvalue weighted by Crippen LogP contribution is 2.42. The Morgan fingerprint density at radius 3 is 2.39 bits per heavy atom. The molecule has 1 aliphatic heterocycles. The fraction of sp³-hybridized carbons (Fsp3) is 0.625. The van der Waals surface area contributed by atoms with E-state index in [0.29, 0.717) is 24.9 Å². The van der Waals surface area contributed by atoms with Gasteiger partial charge in [0.25, 0.3) is 0 Å². The van der Waals surface area contributed by atoms with Crippen LogP contribution in [0.25, 0.3) is 5.52 Å². The fourth-order valence-electron chi connectivity index (χ4n) is 5.08. The molecular formula is C24H34N4O3. The van der Waals surface area contributed by atoms with Gasteiger partial charge in [-0.05, 0) is 77.8 Å². The van der Waals surface area contributed by atoms with Gasteiger partial charge in [-0.2, -0.15) is 0 Å². The van der Waals surface area contributed by atoms with E-state index >= 15 is 0 Å². The number of amides is 2. The van der Waals surface area contributed by atoms with Gasteiger partial charge in [-0.3, -0.25) is 4.79 Å². The van der Waals surface area contributed by atoms with Gasteiger partial charge in [0.1, 0.15) is 11.4 Å². The largest absolute Gasteiger partial charge is 0.444 e. The third kappa shape index (κ3) is 4.27. The van der Waals surface area contributed by atoms with Crippen LogP contribution in [0.1, 0.15) is 58.8 Å². The molecule has 2 aliphatic rings. The minimum absolute atomic E-state index is 0.0250. The van der Waals surface area contributed by atoms with Crippen molar-refractivity contribution in [1.29, 1.82) is 0 Å². The SMILES string of the molecule is Cc1cccn2c(C(C)(C)NC(=O)C3C[C@@H]4CN(C(=O)OC(C)(C)C)C[C@@H]4C3)ncc12. The maximum Gasteiger partial charge on any atom is 0.410 e. The molecule has 7 nitrogen and oxygen atoms in total. The molecule has 168 valence electrons. The molecule has 1 saturated carbocycles. The number of hydrogen-bond acceptors (Lipinski definition) is 4. The van der Waals surface area contributed by atoms with E-state index in [1.165, 1.54) is 0 Å². The van der Waals surface area contributed by atoms with Gasteiger partial charge in [-0.25, -0.2) is 9.78 Å². The van der Waals surface area contributed by atoms with Crippen molar-refractivity contribution in [3.05, 3.63) is 35.9 Å². The number of nitrogens with zero attached hydrogens (tertiary/aromatic N) is 3. The summed E-state index contributed by atoms with van der Waals surface area (Å²) in [5.74, 6) is 1.60. The van der Waals surface area contributed by atoms with E-state index < -0.39 is 11.1 Å². The van der Waals surface area contributed by atoms with Crippen LogP contribution in [-0.2, 0) is 15.1 Å². The van der Waals surface area contributed by atoms with Gasteiger partial charge in [0, 0.05) is 25.2 Å². The third-order valence-corrected chi connectivity index (χ3v) is 6.55. The van der Waals surface area contributed by atoms with Gasteiger partial charge in [0.05, 0.1) is 17.3 Å². The number of carbonyl (C=O) groups excluding carboxylic acids is 2. The molecule has 0 spiro atoms. The maximum absolute atomic E-state index is 13.1. The summed E-state index contributed by atoms with van der Waals surface area (Å²) in [5, 5.41) is 3.24. The highest BCUT2D eigenvalue weighted by molar-refractivity contribution is 5.80. The van der Waals surface area contributed by atoms with Crippen LogP contribution in [0.2, 0.25) is 0 Å². The van der Waals surface area contributed by atoms with Crippen LogP contribution < -0.4 is 5.32 Å². The van der Waals surface area contributed by atoms with Crippen molar-refractivity contribution < 1.29 is 14.3 Å². The number of aromatic nitrogens is 2. The number of aryl methyl sites for hydroxylation is 1. The normalized spacial score (nSPS) is 23.8. The van der Waals surface area contributed by atoms with E-state index in [9.17, 15) is 9.59 Å². The Hall–Kier alpha value is -2.57. The predicted octanol–water partition coefficient (Wildman–Crippen LogP) is 3.89. The predicted molar refractivity (Wildman–Crippen MR) is 119 cm³/mol. The van der Waals surface area contributed by atoms with Crippen LogP contribution in [0.4, 0.5) is 4.79 Å². The number of pyridine rings is 1. The van der Waals surface area contributed by atoms with Crippen molar-refractivity contribution in [2.24, 2.45) is 17.8 Å². The van der Waals surface area contributed by atoms with E-state index in [1.54, 1.807) is 4.90 Å². The summed E-state index contributed by atoms with van der Waals surface area (Å²) in [5.41, 5.74) is 1.13. The first-order valence-electron chi connectivity index (χ1n) is 11.2. The molecule has 4 rings (SSSR count). The second-order valence-corrected chi connectivity index (χ2v) is 10.7. The quantitative estimate of drug-likeness (QED) is 0.808. The minimum Gasteiger partial charge on any atom is -0.444 e. The lowest BCUT2D eigenvalue weighted by molar-refractivity contribution is -0.126. The number of hydrogen-bond donors (Lipinski definition) is 1. The van der Waals surface area contributed by atoms with Gasteiger partial charge < -0.3 is 19.4 Å². The molecule has 1 saturated heterocycles. The molecule has 2 aromatic rings. The third-order valence-electron chi connectivity index (χ3n) is 6.55. The second kappa shape index (κ2) is 7.53. The van der Waals surface area contributed by atoms with Crippen molar-refractivity contribution in [2.45, 2.75) is 65.5 Å². The van der Waals surface area contributed by atoms with E-state index in [-0.39, 0.29) is 17.9 Å². The van der Waals surface area contributed by atoms with Crippen LogP contribution in [0.15, 0.2) is 24.5 Å². The van der Waals surface area contributed by atoms with E-state index in [4.69, 9.17) is 4.74 Å². The Kier molecular flexibility index (Phi) is 5.26. The van der Waals surface area contributed by atoms with Gasteiger partial charge in [-0.15, -0.1) is 0 Å². The number of imidazole rings is 1. The van der Waals surface area contributed by atoms with Crippen LogP contribution >= 0.6 is 0 Å². The first kappa shape index (κ1) is 21.7. The zero-order valence-corrected chi connectivity index (χ0v) is 19.4. The van der Waals surface area contributed by atoms with Gasteiger partial charge >= 0.3 is 6.09 Å². The molecule has 0 radical (unpaired) electrons. The molecule has 31 heavy (non-hydrogen) atoms. The highest BCUT2D eigenvalue weighted by atomic mass is 16.6. The van der Waals surface area contributed by atoms with Crippen LogP contribution in [-0.4, -0.2) is 45.0 Å². The Bertz CT molecular complexity index is 990. The van der Waals surface area contributed by atoms with E-state index in [0.717, 1.165) is 29.7 Å². The van der Waals surface area contributed by atoms with Crippen molar-refractivity contribution in [3.8, 4) is 0 Å². The summed E-state index contributed by atoms with van der Waals surface area (Å²) < 4.78 is 7.56.